The largest absolute Gasteiger partial charge is 0.309 e. The number of benzene rings is 9. The molecule has 13 rings (SSSR count). The average molecular weight is 831 g/mol. The molecule has 4 heterocycles. The van der Waals surface area contributed by atoms with Gasteiger partial charge in [-0.2, -0.15) is 9.97 Å². The summed E-state index contributed by atoms with van der Waals surface area (Å²) in [6.45, 7) is 0. The maximum atomic E-state index is 5.33. The van der Waals surface area contributed by atoms with Crippen LogP contribution in [0.25, 0.3) is 101 Å². The van der Waals surface area contributed by atoms with E-state index in [-0.39, 0.29) is 0 Å². The van der Waals surface area contributed by atoms with E-state index in [9.17, 15) is 0 Å². The van der Waals surface area contributed by atoms with Gasteiger partial charge < -0.3 is 9.13 Å². The molecule has 0 amide bonds. The standard InChI is InChI=1S/C59H38N6/c1-5-17-39(18-6-1)57-60-58(40-19-7-2-8-20-40)62-59(61-57)65-51-34-32-41(42-31-33-49-47-25-13-15-27-52(47)63(55(49)36-42)45-21-9-3-10-22-45)35-43(51)29-30-44-37-56-50(38-54(44)65)48-26-14-16-28-53(48)64(56)46-23-11-4-12-24-46/h1-38H. The first kappa shape index (κ1) is 36.8. The van der Waals surface area contributed by atoms with E-state index in [4.69, 9.17) is 15.0 Å². The molecule has 12 aromatic rings. The number of fused-ring (bicyclic) bond motifs is 8. The smallest absolute Gasteiger partial charge is 0.238 e. The number of hydrogen-bond acceptors (Lipinski definition) is 4. The molecule has 9 aromatic carbocycles. The predicted molar refractivity (Wildman–Crippen MR) is 268 cm³/mol. The summed E-state index contributed by atoms with van der Waals surface area (Å²) in [6, 6.07) is 77.2. The number of hydrogen-bond donors (Lipinski definition) is 0. The molecule has 1 aliphatic rings. The second kappa shape index (κ2) is 14.9. The molecule has 0 aliphatic carbocycles. The molecule has 6 heteroatoms. The summed E-state index contributed by atoms with van der Waals surface area (Å²) in [6.07, 6.45) is 4.49. The zero-order chi connectivity index (χ0) is 42.8. The highest BCUT2D eigenvalue weighted by Crippen LogP contribution is 2.46. The fraction of sp³-hybridized carbons (Fsp3) is 0. The first-order valence-electron chi connectivity index (χ1n) is 21.9. The summed E-state index contributed by atoms with van der Waals surface area (Å²) in [5.74, 6) is 1.75. The Morgan fingerprint density at radius 2 is 0.754 bits per heavy atom. The molecular formula is C59H38N6. The Morgan fingerprint density at radius 3 is 1.35 bits per heavy atom. The molecule has 0 unspecified atom stereocenters. The number of para-hydroxylation sites is 4. The van der Waals surface area contributed by atoms with Crippen molar-refractivity contribution in [2.45, 2.75) is 0 Å². The van der Waals surface area contributed by atoms with Gasteiger partial charge in [0.25, 0.3) is 0 Å². The maximum Gasteiger partial charge on any atom is 0.238 e. The third kappa shape index (κ3) is 6.07. The molecule has 0 saturated heterocycles. The zero-order valence-corrected chi connectivity index (χ0v) is 35.1. The minimum absolute atomic E-state index is 0.539. The van der Waals surface area contributed by atoms with Crippen molar-refractivity contribution < 1.29 is 0 Å². The Morgan fingerprint density at radius 1 is 0.292 bits per heavy atom. The van der Waals surface area contributed by atoms with Crippen molar-refractivity contribution >= 4 is 73.1 Å². The van der Waals surface area contributed by atoms with E-state index in [2.05, 4.69) is 208 Å². The van der Waals surface area contributed by atoms with Gasteiger partial charge in [-0.25, -0.2) is 4.98 Å². The van der Waals surface area contributed by atoms with E-state index in [1.54, 1.807) is 0 Å². The van der Waals surface area contributed by atoms with Gasteiger partial charge in [0.1, 0.15) is 0 Å². The predicted octanol–water partition coefficient (Wildman–Crippen LogP) is 15.0. The van der Waals surface area contributed by atoms with Crippen LogP contribution in [-0.4, -0.2) is 24.1 Å². The van der Waals surface area contributed by atoms with Gasteiger partial charge >= 0.3 is 0 Å². The van der Waals surface area contributed by atoms with Gasteiger partial charge in [-0.05, 0) is 83.4 Å². The number of aromatic nitrogens is 5. The first-order chi connectivity index (χ1) is 32.2. The van der Waals surface area contributed by atoms with Gasteiger partial charge in [0.05, 0.1) is 33.4 Å². The molecule has 0 bridgehead atoms. The normalized spacial score (nSPS) is 12.2. The molecule has 6 nitrogen and oxygen atoms in total. The lowest BCUT2D eigenvalue weighted by atomic mass is 9.99. The topological polar surface area (TPSA) is 51.8 Å². The Hall–Kier alpha value is -8.87. The molecule has 0 N–H and O–H groups in total. The Bertz CT molecular complexity index is 3760. The van der Waals surface area contributed by atoms with E-state index >= 15 is 0 Å². The minimum Gasteiger partial charge on any atom is -0.309 e. The van der Waals surface area contributed by atoms with Gasteiger partial charge in [0, 0.05) is 49.6 Å². The average Bonchev–Trinajstić information content (AvgIpc) is 3.82. The number of nitrogens with zero attached hydrogens (tertiary/aromatic N) is 6. The number of rotatable bonds is 6. The zero-order valence-electron chi connectivity index (χ0n) is 35.1. The third-order valence-corrected chi connectivity index (χ3v) is 12.7. The molecule has 1 aliphatic heterocycles. The van der Waals surface area contributed by atoms with Gasteiger partial charge in [0.15, 0.2) is 11.6 Å². The van der Waals surface area contributed by atoms with Crippen LogP contribution >= 0.6 is 0 Å². The molecule has 0 saturated carbocycles. The fourth-order valence-corrected chi connectivity index (χ4v) is 9.70. The van der Waals surface area contributed by atoms with Crippen molar-refractivity contribution in [3.63, 3.8) is 0 Å². The molecule has 304 valence electrons. The molecule has 0 radical (unpaired) electrons. The Balaban J connectivity index is 1.06. The second-order valence-corrected chi connectivity index (χ2v) is 16.5. The van der Waals surface area contributed by atoms with Crippen molar-refractivity contribution in [2.75, 3.05) is 4.90 Å². The highest BCUT2D eigenvalue weighted by atomic mass is 15.3. The van der Waals surface area contributed by atoms with Crippen LogP contribution in [0.3, 0.4) is 0 Å². The summed E-state index contributed by atoms with van der Waals surface area (Å²) >= 11 is 0. The van der Waals surface area contributed by atoms with Crippen LogP contribution in [0.15, 0.2) is 218 Å². The minimum atomic E-state index is 0.539. The van der Waals surface area contributed by atoms with Gasteiger partial charge in [0.2, 0.25) is 5.95 Å². The van der Waals surface area contributed by atoms with Gasteiger partial charge in [-0.15, -0.1) is 0 Å². The van der Waals surface area contributed by atoms with Crippen LogP contribution in [0.2, 0.25) is 0 Å². The van der Waals surface area contributed by atoms with Crippen LogP contribution in [0.5, 0.6) is 0 Å². The highest BCUT2D eigenvalue weighted by Gasteiger charge is 2.27. The van der Waals surface area contributed by atoms with E-state index < -0.39 is 0 Å². The molecular weight excluding hydrogens is 793 g/mol. The van der Waals surface area contributed by atoms with Crippen molar-refractivity contribution in [1.29, 1.82) is 0 Å². The lowest BCUT2D eigenvalue weighted by molar-refractivity contribution is 1.02. The van der Waals surface area contributed by atoms with Crippen molar-refractivity contribution in [2.24, 2.45) is 0 Å². The van der Waals surface area contributed by atoms with E-state index in [1.807, 2.05) is 36.4 Å². The summed E-state index contributed by atoms with van der Waals surface area (Å²) < 4.78 is 4.75. The van der Waals surface area contributed by atoms with E-state index in [1.165, 1.54) is 27.2 Å². The maximum absolute atomic E-state index is 5.33. The molecule has 3 aromatic heterocycles. The highest BCUT2D eigenvalue weighted by molar-refractivity contribution is 6.13. The monoisotopic (exact) mass is 830 g/mol. The molecule has 0 spiro atoms. The van der Waals surface area contributed by atoms with Crippen LogP contribution < -0.4 is 4.90 Å². The quantitative estimate of drug-likeness (QED) is 0.167. The molecule has 65 heavy (non-hydrogen) atoms. The van der Waals surface area contributed by atoms with Crippen LogP contribution in [0.1, 0.15) is 11.1 Å². The van der Waals surface area contributed by atoms with Crippen molar-refractivity contribution in [3.05, 3.63) is 230 Å². The second-order valence-electron chi connectivity index (χ2n) is 16.5. The van der Waals surface area contributed by atoms with Crippen LogP contribution in [0, 0.1) is 0 Å². The summed E-state index contributed by atoms with van der Waals surface area (Å²) in [5.41, 5.74) is 15.0. The Kier molecular flexibility index (Phi) is 8.42. The van der Waals surface area contributed by atoms with Crippen LogP contribution in [-0.2, 0) is 0 Å². The Labute approximate surface area is 375 Å². The lowest BCUT2D eigenvalue weighted by Gasteiger charge is -2.26. The lowest BCUT2D eigenvalue weighted by Crippen LogP contribution is -2.16. The molecule has 0 atom stereocenters. The summed E-state index contributed by atoms with van der Waals surface area (Å²) in [7, 11) is 0. The first-order valence-corrected chi connectivity index (χ1v) is 21.9. The van der Waals surface area contributed by atoms with E-state index in [0.717, 1.165) is 72.5 Å². The molecule has 0 fully saturated rings. The summed E-state index contributed by atoms with van der Waals surface area (Å²) in [5, 5.41) is 4.77. The van der Waals surface area contributed by atoms with Crippen LogP contribution in [0.4, 0.5) is 17.3 Å². The fourth-order valence-electron chi connectivity index (χ4n) is 9.70. The number of anilines is 3. The SMILES string of the molecule is C1=Cc2cc3c(cc2N(c2nc(-c4ccccc4)nc(-c4ccccc4)n2)c2ccc(-c4ccc5c6ccccc6n(-c6ccccc6)c5c4)cc21)c1ccccc1n3-c1ccccc1. The third-order valence-electron chi connectivity index (χ3n) is 12.7. The van der Waals surface area contributed by atoms with Gasteiger partial charge in [-0.1, -0.05) is 164 Å². The van der Waals surface area contributed by atoms with Crippen molar-refractivity contribution in [1.82, 2.24) is 24.1 Å². The van der Waals surface area contributed by atoms with Gasteiger partial charge in [-0.3, -0.25) is 4.90 Å². The van der Waals surface area contributed by atoms with E-state index in [0.29, 0.717) is 17.6 Å². The summed E-state index contributed by atoms with van der Waals surface area (Å²) in [4.78, 5) is 18.0. The van der Waals surface area contributed by atoms with Crippen molar-refractivity contribution in [3.8, 4) is 45.3 Å².